The van der Waals surface area contributed by atoms with Gasteiger partial charge in [0.05, 0.1) is 17.0 Å². The van der Waals surface area contributed by atoms with Gasteiger partial charge in [0, 0.05) is 50.1 Å². The fourth-order valence-electron chi connectivity index (χ4n) is 6.43. The van der Waals surface area contributed by atoms with Crippen molar-refractivity contribution < 1.29 is 9.53 Å². The molecule has 158 valence electrons. The third-order valence-electron chi connectivity index (χ3n) is 7.95. The van der Waals surface area contributed by atoms with E-state index in [4.69, 9.17) is 16.3 Å². The molecular weight excluding hydrogens is 386 g/mol. The first-order chi connectivity index (χ1) is 14.0. The molecule has 4 aliphatic rings. The predicted molar refractivity (Wildman–Crippen MR) is 113 cm³/mol. The van der Waals surface area contributed by atoms with Gasteiger partial charge in [0.1, 0.15) is 0 Å². The predicted octanol–water partition coefficient (Wildman–Crippen LogP) is 3.58. The number of halogens is 1. The summed E-state index contributed by atoms with van der Waals surface area (Å²) in [7, 11) is 0. The molecule has 5 rings (SSSR count). The molecule has 29 heavy (non-hydrogen) atoms. The molecule has 0 radical (unpaired) electrons. The van der Waals surface area contributed by atoms with Gasteiger partial charge in [-0.2, -0.15) is 0 Å². The summed E-state index contributed by atoms with van der Waals surface area (Å²) in [5.74, 6) is 1.46. The van der Waals surface area contributed by atoms with Crippen molar-refractivity contribution >= 4 is 17.5 Å². The van der Waals surface area contributed by atoms with Crippen LogP contribution in [0.1, 0.15) is 56.7 Å². The van der Waals surface area contributed by atoms with E-state index in [0.29, 0.717) is 41.4 Å². The number of carbonyl (C=O) groups is 1. The van der Waals surface area contributed by atoms with Crippen molar-refractivity contribution in [2.24, 2.45) is 17.3 Å². The van der Waals surface area contributed by atoms with Crippen LogP contribution in [0.2, 0.25) is 5.02 Å². The molecule has 2 saturated carbocycles. The Labute approximate surface area is 178 Å². The van der Waals surface area contributed by atoms with E-state index in [0.717, 1.165) is 63.1 Å². The van der Waals surface area contributed by atoms with Gasteiger partial charge in [0.25, 0.3) is 0 Å². The molecule has 1 N–H and O–H groups in total. The second-order valence-corrected chi connectivity index (χ2v) is 10.2. The van der Waals surface area contributed by atoms with Crippen LogP contribution in [0.3, 0.4) is 0 Å². The first-order valence-electron chi connectivity index (χ1n) is 11.3. The van der Waals surface area contributed by atoms with E-state index >= 15 is 0 Å². The number of hydrogen-bond acceptors (Lipinski definition) is 4. The number of amides is 1. The summed E-state index contributed by atoms with van der Waals surface area (Å²) in [4.78, 5) is 20.4. The zero-order chi connectivity index (χ0) is 20.0. The third-order valence-corrected chi connectivity index (χ3v) is 8.15. The molecule has 0 unspecified atom stereocenters. The lowest BCUT2D eigenvalue weighted by atomic mass is 9.78. The van der Waals surface area contributed by atoms with E-state index in [1.54, 1.807) is 6.20 Å². The van der Waals surface area contributed by atoms with E-state index in [2.05, 4.69) is 22.1 Å². The molecular formula is C23H32ClN3O2. The Balaban J connectivity index is 1.30. The van der Waals surface area contributed by atoms with Gasteiger partial charge in [-0.25, -0.2) is 0 Å². The summed E-state index contributed by atoms with van der Waals surface area (Å²) in [6, 6.07) is 2.97. The molecule has 5 nitrogen and oxygen atoms in total. The first kappa shape index (κ1) is 19.8. The molecule has 6 heteroatoms. The largest absolute Gasteiger partial charge is 0.381 e. The summed E-state index contributed by atoms with van der Waals surface area (Å²) in [5, 5.41) is 4.58. The maximum atomic E-state index is 13.8. The van der Waals surface area contributed by atoms with Crippen LogP contribution in [0.25, 0.3) is 0 Å². The van der Waals surface area contributed by atoms with Crippen LogP contribution in [0.4, 0.5) is 0 Å². The van der Waals surface area contributed by atoms with E-state index in [9.17, 15) is 4.79 Å². The van der Waals surface area contributed by atoms with E-state index in [-0.39, 0.29) is 5.41 Å². The zero-order valence-electron chi connectivity index (χ0n) is 17.3. The Morgan fingerprint density at radius 1 is 1.41 bits per heavy atom. The molecule has 0 spiro atoms. The van der Waals surface area contributed by atoms with Crippen molar-refractivity contribution in [1.29, 1.82) is 0 Å². The van der Waals surface area contributed by atoms with Gasteiger partial charge in [-0.1, -0.05) is 24.9 Å². The number of rotatable bonds is 3. The number of fused-ring (bicyclic) bond motifs is 2. The highest BCUT2D eigenvalue weighted by atomic mass is 35.5. The second kappa shape index (κ2) is 7.82. The Morgan fingerprint density at radius 2 is 2.31 bits per heavy atom. The summed E-state index contributed by atoms with van der Waals surface area (Å²) in [6.07, 6.45) is 9.22. The van der Waals surface area contributed by atoms with Gasteiger partial charge >= 0.3 is 0 Å². The normalized spacial score (nSPS) is 36.7. The molecule has 1 amide bonds. The minimum Gasteiger partial charge on any atom is -0.381 e. The topological polar surface area (TPSA) is 54.5 Å². The highest BCUT2D eigenvalue weighted by molar-refractivity contribution is 6.30. The van der Waals surface area contributed by atoms with Crippen LogP contribution in [0.15, 0.2) is 12.3 Å². The summed E-state index contributed by atoms with van der Waals surface area (Å²) in [6.45, 7) is 5.42. The van der Waals surface area contributed by atoms with Crippen LogP contribution < -0.4 is 5.32 Å². The van der Waals surface area contributed by atoms with E-state index in [1.165, 1.54) is 12.8 Å². The molecule has 3 fully saturated rings. The van der Waals surface area contributed by atoms with Crippen molar-refractivity contribution in [2.45, 2.75) is 70.5 Å². The van der Waals surface area contributed by atoms with Gasteiger partial charge in [-0.05, 0) is 55.6 Å². The monoisotopic (exact) mass is 417 g/mol. The third kappa shape index (κ3) is 3.60. The maximum absolute atomic E-state index is 13.8. The molecule has 0 bridgehead atoms. The summed E-state index contributed by atoms with van der Waals surface area (Å²) >= 11 is 6.16. The molecule has 3 heterocycles. The average molecular weight is 418 g/mol. The standard InChI is InChI=1S/C23H32ClN3O2/c1-15-14-29-8-5-20(15)26-19-10-17-3-2-6-23(17,11-19)22(28)27-7-4-21-16(13-27)9-18(24)12-25-21/h9,12,15,17,19-20,26H,2-8,10-11,13-14H2,1H3/t15-,17-,19-,20-,23-/m1/s1. The highest BCUT2D eigenvalue weighted by Gasteiger charge is 2.56. The van der Waals surface area contributed by atoms with Gasteiger partial charge in [-0.3, -0.25) is 9.78 Å². The van der Waals surface area contributed by atoms with Crippen LogP contribution in [0, 0.1) is 17.3 Å². The molecule has 2 aliphatic carbocycles. The van der Waals surface area contributed by atoms with Gasteiger partial charge in [-0.15, -0.1) is 0 Å². The quantitative estimate of drug-likeness (QED) is 0.816. The minimum atomic E-state index is -0.157. The number of ether oxygens (including phenoxy) is 1. The van der Waals surface area contributed by atoms with Crippen LogP contribution in [-0.2, 0) is 22.5 Å². The molecule has 5 atom stereocenters. The van der Waals surface area contributed by atoms with E-state index in [1.807, 2.05) is 6.07 Å². The summed E-state index contributed by atoms with van der Waals surface area (Å²) in [5.41, 5.74) is 2.06. The SMILES string of the molecule is C[C@@H]1COCC[C@H]1N[C@@H]1C[C@H]2CCC[C@@]2(C(=O)N2CCc3ncc(Cl)cc3C2)C1. The first-order valence-corrected chi connectivity index (χ1v) is 11.7. The lowest BCUT2D eigenvalue weighted by Gasteiger charge is -2.37. The van der Waals surface area contributed by atoms with Crippen molar-refractivity contribution in [1.82, 2.24) is 15.2 Å². The molecule has 1 aromatic heterocycles. The van der Waals surface area contributed by atoms with Crippen LogP contribution in [-0.4, -0.2) is 47.6 Å². The molecule has 0 aromatic carbocycles. The number of hydrogen-bond donors (Lipinski definition) is 1. The molecule has 1 aromatic rings. The van der Waals surface area contributed by atoms with Gasteiger partial charge < -0.3 is 15.0 Å². The number of carbonyl (C=O) groups excluding carboxylic acids is 1. The highest BCUT2D eigenvalue weighted by Crippen LogP contribution is 2.55. The lowest BCUT2D eigenvalue weighted by molar-refractivity contribution is -0.144. The Morgan fingerprint density at radius 3 is 3.17 bits per heavy atom. The number of aromatic nitrogens is 1. The molecule has 2 aliphatic heterocycles. The van der Waals surface area contributed by atoms with Crippen molar-refractivity contribution in [2.75, 3.05) is 19.8 Å². The zero-order valence-corrected chi connectivity index (χ0v) is 18.1. The van der Waals surface area contributed by atoms with E-state index < -0.39 is 0 Å². The Hall–Kier alpha value is -1.17. The fourth-order valence-corrected chi connectivity index (χ4v) is 6.62. The van der Waals surface area contributed by atoms with Crippen LogP contribution >= 0.6 is 11.6 Å². The molecule has 1 saturated heterocycles. The van der Waals surface area contributed by atoms with Gasteiger partial charge in [0.2, 0.25) is 5.91 Å². The van der Waals surface area contributed by atoms with Crippen molar-refractivity contribution in [3.63, 3.8) is 0 Å². The summed E-state index contributed by atoms with van der Waals surface area (Å²) < 4.78 is 5.61. The fraction of sp³-hybridized carbons (Fsp3) is 0.739. The second-order valence-electron chi connectivity index (χ2n) is 9.73. The Kier molecular flexibility index (Phi) is 5.34. The van der Waals surface area contributed by atoms with Crippen molar-refractivity contribution in [3.05, 3.63) is 28.5 Å². The van der Waals surface area contributed by atoms with Crippen molar-refractivity contribution in [3.8, 4) is 0 Å². The number of nitrogens with one attached hydrogen (secondary N) is 1. The smallest absolute Gasteiger partial charge is 0.229 e. The minimum absolute atomic E-state index is 0.157. The average Bonchev–Trinajstić information content (AvgIpc) is 3.26. The lowest BCUT2D eigenvalue weighted by Crippen LogP contribution is -2.48. The van der Waals surface area contributed by atoms with Gasteiger partial charge in [0.15, 0.2) is 0 Å². The number of pyridine rings is 1. The Bertz CT molecular complexity index is 787. The number of nitrogens with zero attached hydrogens (tertiary/aromatic N) is 2. The van der Waals surface area contributed by atoms with Crippen LogP contribution in [0.5, 0.6) is 0 Å². The maximum Gasteiger partial charge on any atom is 0.229 e.